The zero-order valence-electron chi connectivity index (χ0n) is 25.7. The van der Waals surface area contributed by atoms with Crippen LogP contribution in [0.15, 0.2) is 30.5 Å². The van der Waals surface area contributed by atoms with Gasteiger partial charge in [0, 0.05) is 36.4 Å². The first-order valence-corrected chi connectivity index (χ1v) is 18.6. The van der Waals surface area contributed by atoms with Crippen LogP contribution < -0.4 is 19.4 Å². The minimum absolute atomic E-state index is 0.0333. The predicted octanol–water partition coefficient (Wildman–Crippen LogP) is 6.54. The number of hydrogen-bond donors (Lipinski definition) is 2. The Kier molecular flexibility index (Phi) is 10.9. The number of sulfonamides is 1. The molecule has 3 aromatic rings. The van der Waals surface area contributed by atoms with Gasteiger partial charge in [0.15, 0.2) is 17.3 Å². The number of anilines is 1. The van der Waals surface area contributed by atoms with E-state index in [1.54, 1.807) is 31.4 Å². The van der Waals surface area contributed by atoms with E-state index in [9.17, 15) is 13.2 Å². The monoisotopic (exact) mass is 653 g/mol. The van der Waals surface area contributed by atoms with E-state index >= 15 is 0 Å². The van der Waals surface area contributed by atoms with Crippen molar-refractivity contribution in [2.24, 2.45) is 0 Å². The van der Waals surface area contributed by atoms with Gasteiger partial charge in [0.1, 0.15) is 5.52 Å². The molecule has 0 aliphatic rings. The molecular weight excluding hydrogens is 613 g/mol. The summed E-state index contributed by atoms with van der Waals surface area (Å²) in [5, 5.41) is 7.43. The van der Waals surface area contributed by atoms with E-state index in [0.29, 0.717) is 33.1 Å². The van der Waals surface area contributed by atoms with Gasteiger partial charge in [-0.3, -0.25) is 14.1 Å². The van der Waals surface area contributed by atoms with Crippen molar-refractivity contribution in [3.63, 3.8) is 0 Å². The largest absolute Gasteiger partial charge is 0.540 e. The zero-order chi connectivity index (χ0) is 31.6. The number of fused-ring (bicyclic) bond motifs is 1. The topological polar surface area (TPSA) is 114 Å². The Labute approximate surface area is 260 Å². The number of aromatic nitrogens is 2. The maximum absolute atomic E-state index is 14.0. The fourth-order valence-electron chi connectivity index (χ4n) is 5.73. The van der Waals surface area contributed by atoms with Gasteiger partial charge in [-0.15, -0.1) is 0 Å². The van der Waals surface area contributed by atoms with Gasteiger partial charge in [-0.2, -0.15) is 0 Å². The molecule has 2 aromatic heterocycles. The number of rotatable bonds is 12. The van der Waals surface area contributed by atoms with Crippen molar-refractivity contribution in [3.05, 3.63) is 57.3 Å². The van der Waals surface area contributed by atoms with Gasteiger partial charge in [-0.05, 0) is 59.1 Å². The number of hydrogen-bond acceptors (Lipinski definition) is 7. The minimum Gasteiger partial charge on any atom is -0.540 e. The molecule has 0 saturated heterocycles. The maximum Gasteiger partial charge on any atom is 0.274 e. The first-order valence-electron chi connectivity index (χ1n) is 13.9. The third-order valence-electron chi connectivity index (χ3n) is 7.65. The van der Waals surface area contributed by atoms with Crippen molar-refractivity contribution in [1.82, 2.24) is 20.6 Å². The van der Waals surface area contributed by atoms with E-state index < -0.39 is 24.2 Å². The fourth-order valence-corrected chi connectivity index (χ4v) is 12.0. The number of nitrogens with one attached hydrogen (secondary N) is 2. The van der Waals surface area contributed by atoms with Crippen molar-refractivity contribution in [1.29, 1.82) is 0 Å². The normalized spacial score (nSPS) is 12.4. The number of benzene rings is 1. The summed E-state index contributed by atoms with van der Waals surface area (Å²) >= 11 is 12.3. The second-order valence-electron chi connectivity index (χ2n) is 11.4. The van der Waals surface area contributed by atoms with E-state index in [4.69, 9.17) is 32.6 Å². The lowest BCUT2D eigenvalue weighted by Gasteiger charge is -2.42. The van der Waals surface area contributed by atoms with Crippen LogP contribution in [0.2, 0.25) is 26.7 Å². The Morgan fingerprint density at radius 2 is 1.60 bits per heavy atom. The molecule has 0 fully saturated rings. The molecule has 2 heterocycles. The van der Waals surface area contributed by atoms with Gasteiger partial charge < -0.3 is 15.1 Å². The highest BCUT2D eigenvalue weighted by Crippen LogP contribution is 2.46. The van der Waals surface area contributed by atoms with Crippen LogP contribution >= 0.6 is 23.2 Å². The van der Waals surface area contributed by atoms with Crippen LogP contribution in [-0.4, -0.2) is 53.0 Å². The molecule has 42 heavy (non-hydrogen) atoms. The molecule has 0 atom stereocenters. The zero-order valence-corrected chi connectivity index (χ0v) is 29.0. The molecule has 230 valence electrons. The second kappa shape index (κ2) is 13.5. The van der Waals surface area contributed by atoms with Gasteiger partial charge in [0.05, 0.1) is 11.6 Å². The van der Waals surface area contributed by atoms with Gasteiger partial charge in [-0.1, -0.05) is 64.7 Å². The first-order chi connectivity index (χ1) is 19.5. The SMILES string of the molecule is CNCc1ccnc2c(O[Si](C(C)C)(C(C)C)C(C)C)c(C(=O)NCc3cc(Cl)cc(Cl)c3)nc(N(C)S(C)(=O)=O)c12. The summed E-state index contributed by atoms with van der Waals surface area (Å²) in [7, 11) is -3.15. The molecule has 9 nitrogen and oxygen atoms in total. The Bertz CT molecular complexity index is 1530. The number of carbonyl (C=O) groups excluding carboxylic acids is 1. The highest BCUT2D eigenvalue weighted by Gasteiger charge is 2.48. The van der Waals surface area contributed by atoms with E-state index in [2.05, 4.69) is 57.2 Å². The fraction of sp³-hybridized carbons (Fsp3) is 0.483. The van der Waals surface area contributed by atoms with E-state index in [-0.39, 0.29) is 40.4 Å². The summed E-state index contributed by atoms with van der Waals surface area (Å²) in [5.74, 6) is -0.177. The molecule has 1 amide bonds. The molecule has 2 N–H and O–H groups in total. The highest BCUT2D eigenvalue weighted by atomic mass is 35.5. The van der Waals surface area contributed by atoms with Crippen molar-refractivity contribution in [3.8, 4) is 5.75 Å². The molecule has 0 aliphatic heterocycles. The second-order valence-corrected chi connectivity index (χ2v) is 19.7. The quantitative estimate of drug-likeness (QED) is 0.213. The van der Waals surface area contributed by atoms with Crippen LogP contribution in [0.5, 0.6) is 5.75 Å². The molecule has 0 aliphatic carbocycles. The Balaban J connectivity index is 2.38. The average Bonchev–Trinajstić information content (AvgIpc) is 2.88. The molecule has 0 bridgehead atoms. The minimum atomic E-state index is -3.75. The lowest BCUT2D eigenvalue weighted by Crippen LogP contribution is -2.51. The lowest BCUT2D eigenvalue weighted by atomic mass is 10.1. The van der Waals surface area contributed by atoms with Crippen molar-refractivity contribution < 1.29 is 17.6 Å². The van der Waals surface area contributed by atoms with Gasteiger partial charge in [0.2, 0.25) is 10.0 Å². The van der Waals surface area contributed by atoms with Crippen molar-refractivity contribution >= 4 is 64.2 Å². The van der Waals surface area contributed by atoms with Crippen molar-refractivity contribution in [2.75, 3.05) is 24.7 Å². The average molecular weight is 655 g/mol. The number of carbonyl (C=O) groups is 1. The lowest BCUT2D eigenvalue weighted by molar-refractivity contribution is 0.0944. The van der Waals surface area contributed by atoms with Crippen LogP contribution in [0.25, 0.3) is 10.9 Å². The van der Waals surface area contributed by atoms with Crippen LogP contribution in [0.1, 0.15) is 63.2 Å². The van der Waals surface area contributed by atoms with E-state index in [0.717, 1.165) is 16.1 Å². The molecule has 3 rings (SSSR count). The summed E-state index contributed by atoms with van der Waals surface area (Å²) in [4.78, 5) is 23.4. The van der Waals surface area contributed by atoms with E-state index in [1.165, 1.54) is 7.05 Å². The van der Waals surface area contributed by atoms with Crippen LogP contribution in [0.3, 0.4) is 0 Å². The predicted molar refractivity (Wildman–Crippen MR) is 175 cm³/mol. The van der Waals surface area contributed by atoms with Gasteiger partial charge in [0.25, 0.3) is 14.2 Å². The van der Waals surface area contributed by atoms with Crippen molar-refractivity contribution in [2.45, 2.75) is 71.3 Å². The summed E-state index contributed by atoms with van der Waals surface area (Å²) in [6.45, 7) is 13.4. The standard InChI is InChI=1S/C29H41Cl2N5O4SSi/c1-17(2)42(18(3)4,19(5)6)40-27-25-24(21(16-32-7)10-11-33-25)28(36(8)41(9,38)39)35-26(27)29(37)34-15-20-12-22(30)14-23(31)13-20/h10-14,17-19,32H,15-16H2,1-9H3,(H,34,37). The third kappa shape index (κ3) is 7.02. The Morgan fingerprint density at radius 3 is 2.10 bits per heavy atom. The number of amides is 1. The summed E-state index contributed by atoms with van der Waals surface area (Å²) in [6, 6.07) is 6.84. The maximum atomic E-state index is 14.0. The molecular formula is C29H41Cl2N5O4SSi. The number of pyridine rings is 2. The summed E-state index contributed by atoms with van der Waals surface area (Å²) in [6.07, 6.45) is 2.74. The molecule has 0 radical (unpaired) electrons. The van der Waals surface area contributed by atoms with Crippen LogP contribution in [0.4, 0.5) is 5.82 Å². The van der Waals surface area contributed by atoms with Crippen LogP contribution in [0, 0.1) is 0 Å². The molecule has 0 unspecified atom stereocenters. The smallest absolute Gasteiger partial charge is 0.274 e. The Morgan fingerprint density at radius 1 is 1.02 bits per heavy atom. The highest BCUT2D eigenvalue weighted by molar-refractivity contribution is 7.92. The molecule has 13 heteroatoms. The summed E-state index contributed by atoms with van der Waals surface area (Å²) in [5.41, 5.74) is 2.40. The first kappa shape index (κ1) is 34.1. The number of nitrogens with zero attached hydrogens (tertiary/aromatic N) is 3. The molecule has 1 aromatic carbocycles. The number of halogens is 2. The van der Waals surface area contributed by atoms with E-state index in [1.807, 2.05) is 6.07 Å². The van der Waals surface area contributed by atoms with Crippen LogP contribution in [-0.2, 0) is 23.1 Å². The van der Waals surface area contributed by atoms with Gasteiger partial charge in [-0.25, -0.2) is 13.4 Å². The van der Waals surface area contributed by atoms with Gasteiger partial charge >= 0.3 is 0 Å². The Hall–Kier alpha value is -2.44. The molecule has 0 saturated carbocycles. The summed E-state index contributed by atoms with van der Waals surface area (Å²) < 4.78 is 33.8. The molecule has 0 spiro atoms. The third-order valence-corrected chi connectivity index (χ3v) is 15.2.